The Kier molecular flexibility index (Phi) is 11.4. The molecule has 0 amide bonds. The molecule has 0 saturated carbocycles. The maximum atomic E-state index is 11.1. The van der Waals surface area contributed by atoms with Crippen LogP contribution >= 0.6 is 0 Å². The molecule has 2 aromatic carbocycles. The minimum Gasteiger partial charge on any atom is -0.467 e. The molecule has 4 nitrogen and oxygen atoms in total. The van der Waals surface area contributed by atoms with Crippen molar-refractivity contribution in [3.63, 3.8) is 0 Å². The van der Waals surface area contributed by atoms with Crippen LogP contribution < -0.4 is 0 Å². The number of ether oxygens (including phenoxy) is 1. The fraction of sp³-hybridized carbons (Fsp3) is 0.400. The van der Waals surface area contributed by atoms with E-state index in [2.05, 4.69) is 107 Å². The summed E-state index contributed by atoms with van der Waals surface area (Å²) in [5, 5.41) is 1.25. The van der Waals surface area contributed by atoms with E-state index in [1.807, 2.05) is 12.3 Å². The van der Waals surface area contributed by atoms with Gasteiger partial charge in [0.2, 0.25) is 0 Å². The Morgan fingerprint density at radius 3 is 2.57 bits per heavy atom. The normalized spacial score (nSPS) is 12.3. The van der Waals surface area contributed by atoms with Gasteiger partial charge >= 0.3 is 0 Å². The number of allylic oxidation sites excluding steroid dienone is 2. The van der Waals surface area contributed by atoms with Crippen molar-refractivity contribution in [2.75, 3.05) is 6.61 Å². The Morgan fingerprint density at radius 1 is 1.05 bits per heavy atom. The van der Waals surface area contributed by atoms with Crippen LogP contribution in [0.1, 0.15) is 89.5 Å². The van der Waals surface area contributed by atoms with Crippen LogP contribution in [0, 0.1) is 5.41 Å². The second-order valence-electron chi connectivity index (χ2n) is 12.9. The van der Waals surface area contributed by atoms with Crippen LogP contribution in [-0.2, 0) is 28.9 Å². The molecular weight excluding hydrogens is 540 g/mol. The molecule has 0 spiro atoms. The van der Waals surface area contributed by atoms with E-state index in [1.54, 1.807) is 0 Å². The smallest absolute Gasteiger partial charge is 0.293 e. The third-order valence-electron chi connectivity index (χ3n) is 8.87. The number of hydrogen-bond donors (Lipinski definition) is 0. The predicted octanol–water partition coefficient (Wildman–Crippen LogP) is 10.5. The van der Waals surface area contributed by atoms with Crippen molar-refractivity contribution in [2.45, 2.75) is 92.0 Å². The third-order valence-corrected chi connectivity index (χ3v) is 8.87. The first-order valence-electron chi connectivity index (χ1n) is 16.3. The summed E-state index contributed by atoms with van der Waals surface area (Å²) in [5.74, 6) is 0.341. The van der Waals surface area contributed by atoms with Crippen molar-refractivity contribution < 1.29 is 9.53 Å². The van der Waals surface area contributed by atoms with Gasteiger partial charge in [0.05, 0.1) is 18.0 Å². The average molecular weight is 591 g/mol. The molecule has 0 radical (unpaired) electrons. The Bertz CT molecular complexity index is 1590. The molecule has 1 atom stereocenters. The van der Waals surface area contributed by atoms with E-state index in [1.165, 1.54) is 57.3 Å². The maximum Gasteiger partial charge on any atom is 0.293 e. The van der Waals surface area contributed by atoms with Gasteiger partial charge in [-0.05, 0) is 97.9 Å². The molecule has 0 N–H and O–H groups in total. The summed E-state index contributed by atoms with van der Waals surface area (Å²) < 4.78 is 7.75. The van der Waals surface area contributed by atoms with E-state index in [4.69, 9.17) is 9.72 Å². The van der Waals surface area contributed by atoms with Crippen LogP contribution in [0.4, 0.5) is 0 Å². The maximum absolute atomic E-state index is 11.1. The first-order chi connectivity index (χ1) is 21.2. The molecule has 4 rings (SSSR count). The highest BCUT2D eigenvalue weighted by Crippen LogP contribution is 2.42. The molecule has 4 aromatic rings. The summed E-state index contributed by atoms with van der Waals surface area (Å²) in [7, 11) is 0. The number of aromatic nitrogens is 2. The highest BCUT2D eigenvalue weighted by molar-refractivity contribution is 5.95. The molecule has 2 heterocycles. The van der Waals surface area contributed by atoms with Gasteiger partial charge in [0.25, 0.3) is 6.47 Å². The SMILES string of the molecule is C=CC(=C)CCCCCc1cccc(-c2ccc3c(c2)c(CC(C)(C)COC=O)c(-c2cccnc2C(C)CC)n3CC)c1. The molecule has 1 unspecified atom stereocenters. The van der Waals surface area contributed by atoms with Gasteiger partial charge in [-0.2, -0.15) is 0 Å². The number of benzene rings is 2. The number of carbonyl (C=O) groups is 1. The lowest BCUT2D eigenvalue weighted by molar-refractivity contribution is -0.131. The first-order valence-corrected chi connectivity index (χ1v) is 16.3. The number of aryl methyl sites for hydroxylation is 2. The zero-order chi connectivity index (χ0) is 31.7. The Hall–Kier alpha value is -3.92. The lowest BCUT2D eigenvalue weighted by Gasteiger charge is -2.25. The van der Waals surface area contributed by atoms with Crippen LogP contribution in [-0.4, -0.2) is 22.6 Å². The minimum atomic E-state index is -0.241. The standard InChI is InChI=1S/C40H50N2O2/c1-8-29(4)16-12-11-13-17-31-18-14-19-32(24-31)33-21-22-37-35(25-33)36(26-40(6,7)27-44-28-43)39(42(37)10-3)34-20-15-23-41-38(34)30(5)9-2/h8,14-15,18-25,28,30H,1,4,9-13,16-17,26-27H2,2-3,5-7H3. The third kappa shape index (κ3) is 7.77. The van der Waals surface area contributed by atoms with Gasteiger partial charge in [0.15, 0.2) is 0 Å². The van der Waals surface area contributed by atoms with Crippen molar-refractivity contribution in [1.82, 2.24) is 9.55 Å². The summed E-state index contributed by atoms with van der Waals surface area (Å²) in [6.45, 7) is 20.7. The van der Waals surface area contributed by atoms with Gasteiger partial charge in [0.1, 0.15) is 0 Å². The quantitative estimate of drug-likeness (QED) is 0.0698. The Morgan fingerprint density at radius 2 is 1.84 bits per heavy atom. The number of unbranched alkanes of at least 4 members (excludes halogenated alkanes) is 2. The second-order valence-corrected chi connectivity index (χ2v) is 12.9. The molecular formula is C40H50N2O2. The van der Waals surface area contributed by atoms with Gasteiger partial charge < -0.3 is 9.30 Å². The van der Waals surface area contributed by atoms with Crippen molar-refractivity contribution in [3.05, 3.63) is 102 Å². The van der Waals surface area contributed by atoms with Gasteiger partial charge in [0, 0.05) is 34.6 Å². The fourth-order valence-corrected chi connectivity index (χ4v) is 6.28. The topological polar surface area (TPSA) is 44.1 Å². The molecule has 44 heavy (non-hydrogen) atoms. The average Bonchev–Trinajstić information content (AvgIpc) is 3.34. The van der Waals surface area contributed by atoms with Gasteiger partial charge in [-0.3, -0.25) is 9.78 Å². The zero-order valence-corrected chi connectivity index (χ0v) is 27.5. The van der Waals surface area contributed by atoms with Crippen molar-refractivity contribution >= 4 is 17.4 Å². The van der Waals surface area contributed by atoms with Gasteiger partial charge in [-0.25, -0.2) is 0 Å². The van der Waals surface area contributed by atoms with Crippen LogP contribution in [0.15, 0.2) is 85.6 Å². The van der Waals surface area contributed by atoms with Crippen molar-refractivity contribution in [2.24, 2.45) is 5.41 Å². The number of hydrogen-bond acceptors (Lipinski definition) is 3. The fourth-order valence-electron chi connectivity index (χ4n) is 6.28. The highest BCUT2D eigenvalue weighted by atomic mass is 16.5. The molecule has 0 aliphatic rings. The molecule has 0 aliphatic carbocycles. The highest BCUT2D eigenvalue weighted by Gasteiger charge is 2.28. The van der Waals surface area contributed by atoms with Crippen LogP contribution in [0.25, 0.3) is 33.3 Å². The zero-order valence-electron chi connectivity index (χ0n) is 27.5. The van der Waals surface area contributed by atoms with E-state index in [0.717, 1.165) is 49.9 Å². The molecule has 0 saturated heterocycles. The summed E-state index contributed by atoms with van der Waals surface area (Å²) in [5.41, 5.74) is 10.8. The van der Waals surface area contributed by atoms with Crippen molar-refractivity contribution in [1.29, 1.82) is 0 Å². The molecule has 4 heteroatoms. The lowest BCUT2D eigenvalue weighted by Crippen LogP contribution is -2.22. The Labute approximate surface area is 264 Å². The van der Waals surface area contributed by atoms with Crippen molar-refractivity contribution in [3.8, 4) is 22.4 Å². The summed E-state index contributed by atoms with van der Waals surface area (Å²) in [6, 6.07) is 20.2. The van der Waals surface area contributed by atoms with E-state index in [0.29, 0.717) is 19.0 Å². The van der Waals surface area contributed by atoms with Crippen LogP contribution in [0.5, 0.6) is 0 Å². The minimum absolute atomic E-state index is 0.241. The first kappa shape index (κ1) is 33.0. The van der Waals surface area contributed by atoms with Crippen LogP contribution in [0.3, 0.4) is 0 Å². The molecule has 2 aromatic heterocycles. The molecule has 0 bridgehead atoms. The lowest BCUT2D eigenvalue weighted by atomic mass is 9.83. The summed E-state index contributed by atoms with van der Waals surface area (Å²) in [6.07, 6.45) is 11.2. The number of nitrogens with zero attached hydrogens (tertiary/aromatic N) is 2. The monoisotopic (exact) mass is 590 g/mol. The molecule has 0 aliphatic heterocycles. The second kappa shape index (κ2) is 15.2. The number of fused-ring (bicyclic) bond motifs is 1. The number of rotatable bonds is 17. The van der Waals surface area contributed by atoms with E-state index in [9.17, 15) is 4.79 Å². The summed E-state index contributed by atoms with van der Waals surface area (Å²) in [4.78, 5) is 16.0. The van der Waals surface area contributed by atoms with Crippen LogP contribution in [0.2, 0.25) is 0 Å². The number of pyridine rings is 1. The van der Waals surface area contributed by atoms with Gasteiger partial charge in [-0.15, -0.1) is 0 Å². The van der Waals surface area contributed by atoms with E-state index >= 15 is 0 Å². The predicted molar refractivity (Wildman–Crippen MR) is 186 cm³/mol. The van der Waals surface area contributed by atoms with E-state index < -0.39 is 0 Å². The Balaban J connectivity index is 1.79. The molecule has 232 valence electrons. The largest absolute Gasteiger partial charge is 0.467 e. The van der Waals surface area contributed by atoms with E-state index in [-0.39, 0.29) is 5.41 Å². The summed E-state index contributed by atoms with van der Waals surface area (Å²) >= 11 is 0. The van der Waals surface area contributed by atoms with Gasteiger partial charge in [-0.1, -0.05) is 89.3 Å². The number of carbonyl (C=O) groups excluding carboxylic acids is 1. The molecule has 0 fully saturated rings.